The van der Waals surface area contributed by atoms with Crippen LogP contribution in [-0.2, 0) is 0 Å². The van der Waals surface area contributed by atoms with Gasteiger partial charge < -0.3 is 4.98 Å². The van der Waals surface area contributed by atoms with Crippen molar-refractivity contribution >= 4 is 21.7 Å². The molecule has 0 atom stereocenters. The van der Waals surface area contributed by atoms with E-state index < -0.39 is 5.82 Å². The van der Waals surface area contributed by atoms with E-state index in [0.29, 0.717) is 10.0 Å². The summed E-state index contributed by atoms with van der Waals surface area (Å²) in [5.74, 6) is -0.836. The number of carbonyl (C=O) groups is 1. The molecule has 0 aliphatic heterocycles. The Labute approximate surface area is 94.3 Å². The Hall–Kier alpha value is -1.42. The standard InChI is InChI=1S/C11H7BrFNO/c12-8-1-2-9(10(13)5-8)11(15)7-3-4-14-6-7/h1-6,14H. The van der Waals surface area contributed by atoms with Gasteiger partial charge in [-0.3, -0.25) is 4.79 Å². The highest BCUT2D eigenvalue weighted by molar-refractivity contribution is 9.10. The Morgan fingerprint density at radius 3 is 2.73 bits per heavy atom. The van der Waals surface area contributed by atoms with E-state index in [-0.39, 0.29) is 11.3 Å². The summed E-state index contributed by atoms with van der Waals surface area (Å²) in [7, 11) is 0. The van der Waals surface area contributed by atoms with E-state index in [2.05, 4.69) is 20.9 Å². The van der Waals surface area contributed by atoms with E-state index in [1.165, 1.54) is 12.1 Å². The molecule has 0 aliphatic rings. The van der Waals surface area contributed by atoms with Gasteiger partial charge >= 0.3 is 0 Å². The van der Waals surface area contributed by atoms with Gasteiger partial charge in [-0.15, -0.1) is 0 Å². The number of nitrogens with one attached hydrogen (secondary N) is 1. The topological polar surface area (TPSA) is 32.9 Å². The van der Waals surface area contributed by atoms with Crippen molar-refractivity contribution in [3.05, 3.63) is 58.1 Å². The summed E-state index contributed by atoms with van der Waals surface area (Å²) in [5.41, 5.74) is 0.536. The van der Waals surface area contributed by atoms with E-state index in [1.807, 2.05) is 0 Å². The van der Waals surface area contributed by atoms with Gasteiger partial charge in [0.1, 0.15) is 5.82 Å². The van der Waals surface area contributed by atoms with Crippen LogP contribution in [0.15, 0.2) is 41.1 Å². The molecule has 4 heteroatoms. The van der Waals surface area contributed by atoms with Crippen molar-refractivity contribution in [1.82, 2.24) is 4.98 Å². The molecule has 0 bridgehead atoms. The minimum atomic E-state index is -0.518. The SMILES string of the molecule is O=C(c1cc[nH]c1)c1ccc(Br)cc1F. The van der Waals surface area contributed by atoms with Crippen LogP contribution in [0.3, 0.4) is 0 Å². The van der Waals surface area contributed by atoms with Crippen molar-refractivity contribution in [3.8, 4) is 0 Å². The predicted octanol–water partition coefficient (Wildman–Crippen LogP) is 3.15. The zero-order valence-electron chi connectivity index (χ0n) is 7.63. The monoisotopic (exact) mass is 267 g/mol. The summed E-state index contributed by atoms with van der Waals surface area (Å²) in [5, 5.41) is 0. The average Bonchev–Trinajstić information content (AvgIpc) is 2.69. The molecule has 1 aromatic heterocycles. The zero-order chi connectivity index (χ0) is 10.8. The third-order valence-electron chi connectivity index (χ3n) is 2.04. The molecule has 0 spiro atoms. The van der Waals surface area contributed by atoms with Gasteiger partial charge in [0.05, 0.1) is 5.56 Å². The number of halogens is 2. The Morgan fingerprint density at radius 1 is 1.33 bits per heavy atom. The lowest BCUT2D eigenvalue weighted by atomic mass is 10.1. The van der Waals surface area contributed by atoms with Crippen molar-refractivity contribution < 1.29 is 9.18 Å². The second-order valence-electron chi connectivity index (χ2n) is 3.05. The first kappa shape index (κ1) is 10.1. The molecule has 0 aliphatic carbocycles. The highest BCUT2D eigenvalue weighted by Gasteiger charge is 2.13. The second-order valence-corrected chi connectivity index (χ2v) is 3.97. The van der Waals surface area contributed by atoms with Crippen molar-refractivity contribution in [2.75, 3.05) is 0 Å². The van der Waals surface area contributed by atoms with Gasteiger partial charge in [0.2, 0.25) is 0 Å². The van der Waals surface area contributed by atoms with Gasteiger partial charge in [0.25, 0.3) is 0 Å². The molecule has 0 saturated carbocycles. The Kier molecular flexibility index (Phi) is 2.68. The smallest absolute Gasteiger partial charge is 0.197 e. The molecule has 0 saturated heterocycles. The molecule has 76 valence electrons. The lowest BCUT2D eigenvalue weighted by molar-refractivity contribution is 0.103. The second kappa shape index (κ2) is 3.98. The molecular formula is C11H7BrFNO. The van der Waals surface area contributed by atoms with Crippen LogP contribution in [0.4, 0.5) is 4.39 Å². The summed E-state index contributed by atoms with van der Waals surface area (Å²) >= 11 is 3.14. The maximum absolute atomic E-state index is 13.4. The minimum Gasteiger partial charge on any atom is -0.367 e. The first-order chi connectivity index (χ1) is 7.18. The van der Waals surface area contributed by atoms with E-state index in [4.69, 9.17) is 0 Å². The van der Waals surface area contributed by atoms with E-state index >= 15 is 0 Å². The largest absolute Gasteiger partial charge is 0.367 e. The first-order valence-electron chi connectivity index (χ1n) is 4.31. The lowest BCUT2D eigenvalue weighted by Crippen LogP contribution is -2.02. The predicted molar refractivity (Wildman–Crippen MR) is 58.3 cm³/mol. The number of aromatic nitrogens is 1. The van der Waals surface area contributed by atoms with Crippen LogP contribution in [-0.4, -0.2) is 10.8 Å². The Bertz CT molecular complexity index is 493. The normalized spacial score (nSPS) is 10.3. The van der Waals surface area contributed by atoms with Crippen LogP contribution in [0.1, 0.15) is 15.9 Å². The molecule has 15 heavy (non-hydrogen) atoms. The fourth-order valence-electron chi connectivity index (χ4n) is 1.29. The van der Waals surface area contributed by atoms with Crippen LogP contribution in [0.25, 0.3) is 0 Å². The van der Waals surface area contributed by atoms with Crippen LogP contribution >= 0.6 is 15.9 Å². The summed E-state index contributed by atoms with van der Waals surface area (Å²) in [6.45, 7) is 0. The Morgan fingerprint density at radius 2 is 2.13 bits per heavy atom. The van der Waals surface area contributed by atoms with E-state index in [1.54, 1.807) is 24.5 Å². The maximum atomic E-state index is 13.4. The molecule has 1 heterocycles. The molecule has 0 fully saturated rings. The highest BCUT2D eigenvalue weighted by Crippen LogP contribution is 2.18. The molecule has 2 rings (SSSR count). The number of ketones is 1. The fraction of sp³-hybridized carbons (Fsp3) is 0. The van der Waals surface area contributed by atoms with E-state index in [0.717, 1.165) is 0 Å². The molecule has 0 radical (unpaired) electrons. The minimum absolute atomic E-state index is 0.0813. The van der Waals surface area contributed by atoms with Crippen molar-refractivity contribution in [2.24, 2.45) is 0 Å². The summed E-state index contributed by atoms with van der Waals surface area (Å²) in [6.07, 6.45) is 3.17. The number of hydrogen-bond acceptors (Lipinski definition) is 1. The van der Waals surface area contributed by atoms with Gasteiger partial charge in [0.15, 0.2) is 5.78 Å². The van der Waals surface area contributed by atoms with Crippen molar-refractivity contribution in [1.29, 1.82) is 0 Å². The fourth-order valence-corrected chi connectivity index (χ4v) is 1.63. The van der Waals surface area contributed by atoms with E-state index in [9.17, 15) is 9.18 Å². The number of hydrogen-bond donors (Lipinski definition) is 1. The van der Waals surface area contributed by atoms with Gasteiger partial charge in [-0.05, 0) is 24.3 Å². The number of aromatic amines is 1. The average molecular weight is 268 g/mol. The summed E-state index contributed by atoms with van der Waals surface area (Å²) in [4.78, 5) is 14.5. The van der Waals surface area contributed by atoms with Gasteiger partial charge in [-0.2, -0.15) is 0 Å². The third-order valence-corrected chi connectivity index (χ3v) is 2.53. The number of benzene rings is 1. The Balaban J connectivity index is 2.42. The molecule has 0 amide bonds. The molecule has 2 aromatic rings. The molecule has 1 N–H and O–H groups in total. The van der Waals surface area contributed by atoms with Crippen LogP contribution in [0.2, 0.25) is 0 Å². The van der Waals surface area contributed by atoms with Crippen LogP contribution < -0.4 is 0 Å². The first-order valence-corrected chi connectivity index (χ1v) is 5.10. The van der Waals surface area contributed by atoms with Crippen molar-refractivity contribution in [2.45, 2.75) is 0 Å². The van der Waals surface area contributed by atoms with Gasteiger partial charge in [0, 0.05) is 22.4 Å². The third kappa shape index (κ3) is 1.99. The van der Waals surface area contributed by atoms with Gasteiger partial charge in [-0.1, -0.05) is 15.9 Å². The van der Waals surface area contributed by atoms with Crippen molar-refractivity contribution in [3.63, 3.8) is 0 Å². The highest BCUT2D eigenvalue weighted by atomic mass is 79.9. The molecular weight excluding hydrogens is 261 g/mol. The molecule has 2 nitrogen and oxygen atoms in total. The quantitative estimate of drug-likeness (QED) is 0.834. The summed E-state index contributed by atoms with van der Waals surface area (Å²) in [6, 6.07) is 6.00. The summed E-state index contributed by atoms with van der Waals surface area (Å²) < 4.78 is 14.0. The number of rotatable bonds is 2. The lowest BCUT2D eigenvalue weighted by Gasteiger charge is -2.00. The maximum Gasteiger partial charge on any atom is 0.197 e. The molecule has 1 aromatic carbocycles. The zero-order valence-corrected chi connectivity index (χ0v) is 9.21. The van der Waals surface area contributed by atoms with Crippen LogP contribution in [0.5, 0.6) is 0 Å². The number of carbonyl (C=O) groups excluding carboxylic acids is 1. The molecule has 0 unspecified atom stereocenters. The van der Waals surface area contributed by atoms with Gasteiger partial charge in [-0.25, -0.2) is 4.39 Å². The van der Waals surface area contributed by atoms with Crippen LogP contribution in [0, 0.1) is 5.82 Å². The number of H-pyrrole nitrogens is 1.